The Bertz CT molecular complexity index is 2480. The van der Waals surface area contributed by atoms with Crippen molar-refractivity contribution in [2.24, 2.45) is 5.73 Å². The molecule has 0 bridgehead atoms. The predicted molar refractivity (Wildman–Crippen MR) is 274 cm³/mol. The van der Waals surface area contributed by atoms with Crippen LogP contribution in [0.4, 0.5) is 16.7 Å². The first-order chi connectivity index (χ1) is 30.7. The van der Waals surface area contributed by atoms with Gasteiger partial charge in [-0.3, -0.25) is 0 Å². The highest BCUT2D eigenvalue weighted by Crippen LogP contribution is 2.37. The Morgan fingerprint density at radius 3 is 1.77 bits per heavy atom. The molecule has 4 aliphatic carbocycles. The molecule has 0 spiro atoms. The van der Waals surface area contributed by atoms with E-state index in [9.17, 15) is 4.79 Å². The SMILES string of the molecule is BrB(Br)Br.C[C@]1(N)CCC[C@@H](Nc2ncc(Cl)c(C3=CCc4ccccc43)n2)C1.C[C@]1(NC(=O)OCc2ccccc2)CCC[C@@H](Nc2ncc(Cl)c(C3=CCc4ccccc43)n2)C1. The Labute approximate surface area is 411 Å². The molecule has 0 unspecified atom stereocenters. The topological polar surface area (TPSA) is 140 Å². The molecule has 9 rings (SSSR count). The fourth-order valence-corrected chi connectivity index (χ4v) is 9.39. The molecule has 2 heterocycles. The van der Waals surface area contributed by atoms with Crippen molar-refractivity contribution < 1.29 is 9.53 Å². The zero-order chi connectivity index (χ0) is 45.3. The maximum atomic E-state index is 12.5. The fourth-order valence-electron chi connectivity index (χ4n) is 9.00. The lowest BCUT2D eigenvalue weighted by Gasteiger charge is -2.38. The van der Waals surface area contributed by atoms with E-state index in [1.165, 1.54) is 22.3 Å². The summed E-state index contributed by atoms with van der Waals surface area (Å²) in [7, 11) is 0. The molecule has 5 N–H and O–H groups in total. The number of halogens is 5. The lowest BCUT2D eigenvalue weighted by molar-refractivity contribution is 0.120. The molecule has 4 atom stereocenters. The standard InChI is InChI=1S/C28H29ClN4O2.C20H23ClN4.BBr3/c1-28(33-27(34)35-18-19-8-3-2-4-9-19)15-7-11-21(16-28)31-26-30-17-24(29)25(32-26)23-14-13-20-10-5-6-12-22(20)23;1-20(22)10-4-6-14(11-20)24-19-23-12-17(21)18(25-19)16-9-8-13-5-2-3-7-15(13)16;2-1(3)4/h2-6,8-10,12,14,17,21H,7,11,13,15-16,18H2,1H3,(H,33,34)(H,30,31,32);2-3,5,7,9,12,14H,4,6,8,10-11,22H2,1H3,(H,23,24,25);/t21-,28+;14-,20+;/m11./s1. The molecule has 1 amide bonds. The molecule has 2 saturated carbocycles. The summed E-state index contributed by atoms with van der Waals surface area (Å²) in [4.78, 5) is 30.8. The van der Waals surface area contributed by atoms with E-state index in [0.29, 0.717) is 28.0 Å². The summed E-state index contributed by atoms with van der Waals surface area (Å²) in [5.41, 5.74) is 15.5. The van der Waals surface area contributed by atoms with Crippen LogP contribution >= 0.6 is 70.5 Å². The third kappa shape index (κ3) is 13.2. The highest BCUT2D eigenvalue weighted by atomic mass is 79.9. The van der Waals surface area contributed by atoms with Gasteiger partial charge in [0, 0.05) is 34.3 Å². The van der Waals surface area contributed by atoms with Crippen molar-refractivity contribution in [3.63, 3.8) is 0 Å². The van der Waals surface area contributed by atoms with Crippen LogP contribution in [0.2, 0.25) is 10.0 Å². The number of alkyl carbamates (subject to hydrolysis) is 1. The third-order valence-corrected chi connectivity index (χ3v) is 12.5. The monoisotopic (exact) mass is 1090 g/mol. The van der Waals surface area contributed by atoms with Gasteiger partial charge in [-0.1, -0.05) is 114 Å². The van der Waals surface area contributed by atoms with Crippen LogP contribution in [0.5, 0.6) is 0 Å². The molecule has 3 aromatic carbocycles. The molecular formula is C48H52BBr3Cl2N8O2. The number of allylic oxidation sites excluding steroid dienone is 2. The van der Waals surface area contributed by atoms with E-state index in [1.54, 1.807) is 12.4 Å². The van der Waals surface area contributed by atoms with E-state index in [0.717, 1.165) is 92.3 Å². The number of aromatic nitrogens is 4. The lowest BCUT2D eigenvalue weighted by atomic mass is 9.80. The van der Waals surface area contributed by atoms with Crippen LogP contribution in [0.3, 0.4) is 0 Å². The van der Waals surface area contributed by atoms with Crippen molar-refractivity contribution in [1.82, 2.24) is 25.3 Å². The van der Waals surface area contributed by atoms with Crippen LogP contribution in [0.25, 0.3) is 11.1 Å². The predicted octanol–water partition coefficient (Wildman–Crippen LogP) is 12.5. The maximum Gasteiger partial charge on any atom is 0.407 e. The maximum absolute atomic E-state index is 12.5. The van der Waals surface area contributed by atoms with Gasteiger partial charge in [-0.05, 0) is 106 Å². The van der Waals surface area contributed by atoms with Crippen LogP contribution in [-0.4, -0.2) is 52.4 Å². The number of fused-ring (bicyclic) bond motifs is 2. The molecular weight excluding hydrogens is 1040 g/mol. The third-order valence-electron chi connectivity index (χ3n) is 11.9. The van der Waals surface area contributed by atoms with E-state index in [1.807, 2.05) is 36.4 Å². The first kappa shape index (κ1) is 48.2. The number of nitrogens with zero attached hydrogens (tertiary/aromatic N) is 4. The minimum absolute atomic E-state index is 0.113. The number of anilines is 2. The molecule has 0 saturated heterocycles. The largest absolute Gasteiger partial charge is 0.445 e. The molecule has 5 aromatic rings. The van der Waals surface area contributed by atoms with Gasteiger partial charge in [0.25, 0.3) is 0 Å². The average molecular weight is 1090 g/mol. The second kappa shape index (κ2) is 22.1. The van der Waals surface area contributed by atoms with Crippen molar-refractivity contribution >= 4 is 103 Å². The number of nitrogens with two attached hydrogens (primary N) is 1. The summed E-state index contributed by atoms with van der Waals surface area (Å²) in [6, 6.07) is 26.8. The molecule has 0 radical (unpaired) electrons. The van der Waals surface area contributed by atoms with Gasteiger partial charge >= 0.3 is 9.28 Å². The summed E-state index contributed by atoms with van der Waals surface area (Å²) < 4.78 is 5.72. The number of nitrogens with one attached hydrogen (secondary N) is 3. The van der Waals surface area contributed by atoms with Crippen molar-refractivity contribution in [1.29, 1.82) is 0 Å². The molecule has 16 heteroatoms. The van der Waals surface area contributed by atoms with Gasteiger partial charge in [0.15, 0.2) is 0 Å². The zero-order valence-electron chi connectivity index (χ0n) is 35.9. The van der Waals surface area contributed by atoms with Crippen molar-refractivity contribution in [3.05, 3.63) is 153 Å². The molecule has 2 aromatic heterocycles. The summed E-state index contributed by atoms with van der Waals surface area (Å²) in [5.74, 6) is 1.18. The van der Waals surface area contributed by atoms with E-state index in [2.05, 4.69) is 142 Å². The molecule has 2 fully saturated rings. The van der Waals surface area contributed by atoms with Crippen LogP contribution < -0.4 is 21.7 Å². The summed E-state index contributed by atoms with van der Waals surface area (Å²) in [5, 5.41) is 11.2. The summed E-state index contributed by atoms with van der Waals surface area (Å²) >= 11 is 22.2. The first-order valence-corrected chi connectivity index (χ1v) is 25.1. The van der Waals surface area contributed by atoms with Gasteiger partial charge in [-0.25, -0.2) is 24.7 Å². The fraction of sp³-hybridized carbons (Fsp3) is 0.354. The Balaban J connectivity index is 0.000000185. The van der Waals surface area contributed by atoms with Gasteiger partial charge < -0.3 is 26.4 Å². The molecule has 64 heavy (non-hydrogen) atoms. The number of amides is 1. The normalized spacial score (nSPS) is 21.9. The van der Waals surface area contributed by atoms with Gasteiger partial charge in [-0.15, -0.1) is 47.3 Å². The van der Waals surface area contributed by atoms with Crippen molar-refractivity contribution in [2.75, 3.05) is 10.6 Å². The van der Waals surface area contributed by atoms with Crippen LogP contribution in [0.1, 0.15) is 104 Å². The van der Waals surface area contributed by atoms with E-state index < -0.39 is 6.09 Å². The molecule has 334 valence electrons. The first-order valence-electron chi connectivity index (χ1n) is 21.6. The van der Waals surface area contributed by atoms with Gasteiger partial charge in [0.1, 0.15) is 6.61 Å². The molecule has 10 nitrogen and oxygen atoms in total. The van der Waals surface area contributed by atoms with Crippen molar-refractivity contribution in [2.45, 2.75) is 108 Å². The van der Waals surface area contributed by atoms with Gasteiger partial charge in [-0.2, -0.15) is 0 Å². The number of benzene rings is 3. The Hall–Kier alpha value is -3.79. The smallest absolute Gasteiger partial charge is 0.407 e. The Morgan fingerprint density at radius 1 is 0.750 bits per heavy atom. The van der Waals surface area contributed by atoms with E-state index in [4.69, 9.17) is 43.6 Å². The van der Waals surface area contributed by atoms with Gasteiger partial charge in [0.2, 0.25) is 11.9 Å². The number of hydrogen-bond acceptors (Lipinski definition) is 9. The van der Waals surface area contributed by atoms with Gasteiger partial charge in [0.05, 0.1) is 33.8 Å². The number of rotatable bonds is 9. The Kier molecular flexibility index (Phi) is 16.7. The number of carbonyl (C=O) groups excluding carboxylic acids is 1. The zero-order valence-corrected chi connectivity index (χ0v) is 42.2. The van der Waals surface area contributed by atoms with E-state index in [-0.39, 0.29) is 26.9 Å². The second-order valence-electron chi connectivity index (χ2n) is 17.3. The highest BCUT2D eigenvalue weighted by Gasteiger charge is 2.35. The van der Waals surface area contributed by atoms with Crippen molar-refractivity contribution in [3.8, 4) is 0 Å². The second-order valence-corrected chi connectivity index (χ2v) is 24.5. The quantitative estimate of drug-likeness (QED) is 0.106. The lowest BCUT2D eigenvalue weighted by Crippen LogP contribution is -2.51. The molecule has 0 aliphatic heterocycles. The molecule has 4 aliphatic rings. The average Bonchev–Trinajstić information content (AvgIpc) is 3.89. The van der Waals surface area contributed by atoms with Crippen LogP contribution in [-0.2, 0) is 24.2 Å². The van der Waals surface area contributed by atoms with E-state index >= 15 is 0 Å². The number of ether oxygens (including phenoxy) is 1. The van der Waals surface area contributed by atoms with Crippen LogP contribution in [0.15, 0.2) is 103 Å². The summed E-state index contributed by atoms with van der Waals surface area (Å²) in [6.45, 7) is 4.44. The Morgan fingerprint density at radius 2 is 1.23 bits per heavy atom. The number of hydrogen-bond donors (Lipinski definition) is 4. The highest BCUT2D eigenvalue weighted by molar-refractivity contribution is 9.69. The minimum atomic E-state index is -0.395. The minimum Gasteiger partial charge on any atom is -0.445 e. The number of carbonyl (C=O) groups is 1. The van der Waals surface area contributed by atoms with Crippen LogP contribution in [0, 0.1) is 0 Å². The summed E-state index contributed by atoms with van der Waals surface area (Å²) in [6.07, 6.45) is 16.9.